The van der Waals surface area contributed by atoms with Crippen molar-refractivity contribution in [2.24, 2.45) is 0 Å². The first-order valence-corrected chi connectivity index (χ1v) is 7.06. The van der Waals surface area contributed by atoms with Gasteiger partial charge in [-0.05, 0) is 44.2 Å². The van der Waals surface area contributed by atoms with Crippen LogP contribution in [0, 0.1) is 0 Å². The highest BCUT2D eigenvalue weighted by Crippen LogP contribution is 2.30. The summed E-state index contributed by atoms with van der Waals surface area (Å²) in [6.07, 6.45) is 2.28. The molecule has 0 aromatic heterocycles. The first-order valence-electron chi connectivity index (χ1n) is 5.32. The Morgan fingerprint density at radius 3 is 2.47 bits per heavy atom. The van der Waals surface area contributed by atoms with Crippen molar-refractivity contribution in [3.05, 3.63) is 28.2 Å². The molecule has 0 aliphatic carbocycles. The first kappa shape index (κ1) is 17.8. The largest absolute Gasteiger partial charge is 1.00 e. The average Bonchev–Trinajstić information content (AvgIpc) is 2.13. The van der Waals surface area contributed by atoms with Crippen molar-refractivity contribution in [3.63, 3.8) is 0 Å². The van der Waals surface area contributed by atoms with Crippen LogP contribution < -0.4 is 29.7 Å². The highest BCUT2D eigenvalue weighted by Gasteiger charge is 2.13. The maximum atomic E-state index is 6.08. The molecule has 0 radical (unpaired) electrons. The molecule has 0 heterocycles. The average molecular weight is 406 g/mol. The lowest BCUT2D eigenvalue weighted by molar-refractivity contribution is -0.467. The van der Waals surface area contributed by atoms with E-state index in [1.807, 2.05) is 12.1 Å². The molecule has 98 valence electrons. The van der Waals surface area contributed by atoms with Gasteiger partial charge in [0, 0.05) is 16.3 Å². The number of benzene rings is 1. The van der Waals surface area contributed by atoms with Gasteiger partial charge in [0.25, 0.3) is 0 Å². The highest BCUT2D eigenvalue weighted by molar-refractivity contribution is 7.99. The van der Waals surface area contributed by atoms with E-state index in [0.29, 0.717) is 5.02 Å². The molecule has 3 N–H and O–H groups in total. The summed E-state index contributed by atoms with van der Waals surface area (Å²) in [6, 6.07) is 5.64. The van der Waals surface area contributed by atoms with Gasteiger partial charge in [-0.3, -0.25) is 0 Å². The second-order valence-corrected chi connectivity index (χ2v) is 6.67. The van der Waals surface area contributed by atoms with E-state index in [2.05, 4.69) is 19.6 Å². The molecule has 0 fully saturated rings. The van der Waals surface area contributed by atoms with E-state index in [0.717, 1.165) is 28.5 Å². The zero-order valence-electron chi connectivity index (χ0n) is 10.1. The van der Waals surface area contributed by atoms with Crippen LogP contribution in [0.2, 0.25) is 10.0 Å². The van der Waals surface area contributed by atoms with Crippen molar-refractivity contribution in [2.75, 3.05) is 5.75 Å². The number of halogens is 3. The molecular formula is C12H18Cl2INS. The van der Waals surface area contributed by atoms with Crippen LogP contribution in [0.25, 0.3) is 0 Å². The molecule has 0 aliphatic heterocycles. The Labute approximate surface area is 135 Å². The maximum Gasteiger partial charge on any atom is 0.0889 e. The first-order chi connectivity index (χ1) is 7.38. The predicted molar refractivity (Wildman–Crippen MR) is 73.4 cm³/mol. The third kappa shape index (κ3) is 7.78. The number of hydrogen-bond donors (Lipinski definition) is 1. The van der Waals surface area contributed by atoms with Gasteiger partial charge in [-0.1, -0.05) is 23.2 Å². The van der Waals surface area contributed by atoms with E-state index in [1.165, 1.54) is 0 Å². The number of thioether (sulfide) groups is 1. The van der Waals surface area contributed by atoms with Gasteiger partial charge in [0.2, 0.25) is 0 Å². The minimum Gasteiger partial charge on any atom is -1.00 e. The monoisotopic (exact) mass is 405 g/mol. The SMILES string of the molecule is CC(C)([NH3+])CCCSc1ccc(Cl)cc1Cl.[I-]. The lowest BCUT2D eigenvalue weighted by atomic mass is 10.0. The van der Waals surface area contributed by atoms with Crippen LogP contribution >= 0.6 is 35.0 Å². The van der Waals surface area contributed by atoms with Crippen LogP contribution in [-0.4, -0.2) is 11.3 Å². The molecule has 0 atom stereocenters. The van der Waals surface area contributed by atoms with E-state index < -0.39 is 0 Å². The van der Waals surface area contributed by atoms with Gasteiger partial charge >= 0.3 is 0 Å². The Balaban J connectivity index is 0.00000256. The molecule has 17 heavy (non-hydrogen) atoms. The molecule has 0 bridgehead atoms. The standard InChI is InChI=1S/C12H17Cl2NS.HI/c1-12(2,15)6-3-7-16-11-5-4-9(13)8-10(11)14;/h4-5,8H,3,6-7,15H2,1-2H3;1H. The molecule has 0 aliphatic rings. The Hall–Kier alpha value is 0.840. The molecule has 0 unspecified atom stereocenters. The fourth-order valence-electron chi connectivity index (χ4n) is 1.33. The summed E-state index contributed by atoms with van der Waals surface area (Å²) >= 11 is 13.7. The van der Waals surface area contributed by atoms with Crippen molar-refractivity contribution in [1.29, 1.82) is 0 Å². The summed E-state index contributed by atoms with van der Waals surface area (Å²) in [6.45, 7) is 4.32. The van der Waals surface area contributed by atoms with E-state index in [-0.39, 0.29) is 29.5 Å². The zero-order valence-corrected chi connectivity index (χ0v) is 14.6. The summed E-state index contributed by atoms with van der Waals surface area (Å²) in [5, 5.41) is 1.43. The van der Waals surface area contributed by atoms with Crippen molar-refractivity contribution in [2.45, 2.75) is 37.1 Å². The molecule has 1 aromatic rings. The van der Waals surface area contributed by atoms with Gasteiger partial charge in [0.05, 0.1) is 10.6 Å². The molecular weight excluding hydrogens is 388 g/mol. The molecule has 0 saturated heterocycles. The van der Waals surface area contributed by atoms with Gasteiger partial charge in [0.1, 0.15) is 0 Å². The quantitative estimate of drug-likeness (QED) is 0.439. The fourth-order valence-corrected chi connectivity index (χ4v) is 2.77. The maximum absolute atomic E-state index is 6.08. The van der Waals surface area contributed by atoms with Crippen LogP contribution in [-0.2, 0) is 0 Å². The van der Waals surface area contributed by atoms with Gasteiger partial charge in [-0.25, -0.2) is 0 Å². The van der Waals surface area contributed by atoms with E-state index >= 15 is 0 Å². The molecule has 5 heteroatoms. The van der Waals surface area contributed by atoms with Gasteiger partial charge in [-0.15, -0.1) is 11.8 Å². The predicted octanol–water partition coefficient (Wildman–Crippen LogP) is 0.890. The van der Waals surface area contributed by atoms with Crippen molar-refractivity contribution >= 4 is 35.0 Å². The summed E-state index contributed by atoms with van der Waals surface area (Å²) in [7, 11) is 0. The summed E-state index contributed by atoms with van der Waals surface area (Å²) in [5.74, 6) is 1.07. The second kappa shape index (κ2) is 8.10. The van der Waals surface area contributed by atoms with Crippen molar-refractivity contribution in [1.82, 2.24) is 0 Å². The summed E-state index contributed by atoms with van der Waals surface area (Å²) in [4.78, 5) is 1.10. The minimum atomic E-state index is 0. The normalized spacial score (nSPS) is 11.1. The highest BCUT2D eigenvalue weighted by atomic mass is 127. The second-order valence-electron chi connectivity index (χ2n) is 4.69. The van der Waals surface area contributed by atoms with E-state index in [4.69, 9.17) is 23.2 Å². The number of hydrogen-bond acceptors (Lipinski definition) is 1. The van der Waals surface area contributed by atoms with Crippen LogP contribution in [0.4, 0.5) is 0 Å². The summed E-state index contributed by atoms with van der Waals surface area (Å²) < 4.78 is 0. The number of rotatable bonds is 5. The molecule has 1 rings (SSSR count). The Morgan fingerprint density at radius 2 is 1.94 bits per heavy atom. The Bertz CT molecular complexity index is 353. The van der Waals surface area contributed by atoms with Crippen LogP contribution in [0.3, 0.4) is 0 Å². The van der Waals surface area contributed by atoms with Crippen LogP contribution in [0.15, 0.2) is 23.1 Å². The van der Waals surface area contributed by atoms with E-state index in [1.54, 1.807) is 17.8 Å². The third-order valence-electron chi connectivity index (χ3n) is 2.15. The number of quaternary nitrogens is 1. The third-order valence-corrected chi connectivity index (χ3v) is 3.97. The smallest absolute Gasteiger partial charge is 0.0889 e. The molecule has 0 saturated carbocycles. The molecule has 0 amide bonds. The van der Waals surface area contributed by atoms with Gasteiger partial charge in [-0.2, -0.15) is 0 Å². The Morgan fingerprint density at radius 1 is 1.29 bits per heavy atom. The molecule has 1 nitrogen and oxygen atoms in total. The van der Waals surface area contributed by atoms with Crippen LogP contribution in [0.5, 0.6) is 0 Å². The van der Waals surface area contributed by atoms with E-state index in [9.17, 15) is 0 Å². The minimum absolute atomic E-state index is 0. The van der Waals surface area contributed by atoms with Gasteiger partial charge in [0.15, 0.2) is 0 Å². The lowest BCUT2D eigenvalue weighted by Crippen LogP contribution is -3.00. The molecule has 0 spiro atoms. The fraction of sp³-hybridized carbons (Fsp3) is 0.500. The Kier molecular flexibility index (Phi) is 8.50. The topological polar surface area (TPSA) is 27.6 Å². The van der Waals surface area contributed by atoms with Crippen LogP contribution in [0.1, 0.15) is 26.7 Å². The zero-order chi connectivity index (χ0) is 12.2. The van der Waals surface area contributed by atoms with Crippen molar-refractivity contribution < 1.29 is 29.7 Å². The lowest BCUT2D eigenvalue weighted by Gasteiger charge is -2.14. The van der Waals surface area contributed by atoms with Crippen molar-refractivity contribution in [3.8, 4) is 0 Å². The molecule has 1 aromatic carbocycles. The summed E-state index contributed by atoms with van der Waals surface area (Å²) in [5.41, 5.74) is 4.26. The van der Waals surface area contributed by atoms with Gasteiger partial charge < -0.3 is 29.7 Å².